The summed E-state index contributed by atoms with van der Waals surface area (Å²) in [6, 6.07) is 12.5. The lowest BCUT2D eigenvalue weighted by molar-refractivity contribution is -0.0196. The first-order chi connectivity index (χ1) is 17.3. The minimum Gasteiger partial charge on any atom is -0.349 e. The number of aromatic nitrogens is 4. The summed E-state index contributed by atoms with van der Waals surface area (Å²) in [7, 11) is 0. The normalized spacial score (nSPS) is 23.0. The number of benzene rings is 2. The van der Waals surface area contributed by atoms with Crippen LogP contribution < -0.4 is 10.9 Å². The van der Waals surface area contributed by atoms with E-state index in [1.165, 1.54) is 6.07 Å². The van der Waals surface area contributed by atoms with Crippen LogP contribution in [0.3, 0.4) is 0 Å². The minimum atomic E-state index is -0.432. The van der Waals surface area contributed by atoms with Crippen LogP contribution in [-0.2, 0) is 0 Å². The summed E-state index contributed by atoms with van der Waals surface area (Å²) in [5.41, 5.74) is 2.46. The van der Waals surface area contributed by atoms with E-state index in [1.807, 2.05) is 44.3 Å². The number of halogens is 1. The van der Waals surface area contributed by atoms with Crippen molar-refractivity contribution in [3.8, 4) is 11.1 Å². The van der Waals surface area contributed by atoms with E-state index in [0.717, 1.165) is 36.8 Å². The summed E-state index contributed by atoms with van der Waals surface area (Å²) in [4.78, 5) is 24.9. The second kappa shape index (κ2) is 8.40. The SMILES string of the molecule is CC(C)n1cc(-c2ccc(C(=O)NC3CC4(C3)CC(c3n[nH]c(=O)c5ccccc35)C4)cc2F)cn1. The monoisotopic (exact) mass is 485 g/mol. The third-order valence-corrected chi connectivity index (χ3v) is 7.84. The molecule has 184 valence electrons. The molecule has 2 aliphatic carbocycles. The summed E-state index contributed by atoms with van der Waals surface area (Å²) in [5, 5.41) is 15.9. The zero-order valence-electron chi connectivity index (χ0n) is 20.3. The van der Waals surface area contributed by atoms with Gasteiger partial charge in [0.05, 0.1) is 17.3 Å². The second-order valence-electron chi connectivity index (χ2n) is 10.7. The van der Waals surface area contributed by atoms with E-state index >= 15 is 0 Å². The van der Waals surface area contributed by atoms with Gasteiger partial charge in [-0.1, -0.05) is 24.3 Å². The van der Waals surface area contributed by atoms with Crippen LogP contribution in [0.5, 0.6) is 0 Å². The van der Waals surface area contributed by atoms with E-state index in [9.17, 15) is 14.0 Å². The average Bonchev–Trinajstić information content (AvgIpc) is 3.31. The van der Waals surface area contributed by atoms with E-state index in [0.29, 0.717) is 28.0 Å². The Morgan fingerprint density at radius 3 is 2.58 bits per heavy atom. The summed E-state index contributed by atoms with van der Waals surface area (Å²) in [6.07, 6.45) is 7.26. The smallest absolute Gasteiger partial charge is 0.272 e. The van der Waals surface area contributed by atoms with Gasteiger partial charge in [-0.3, -0.25) is 14.3 Å². The van der Waals surface area contributed by atoms with E-state index < -0.39 is 5.82 Å². The number of H-pyrrole nitrogens is 1. The second-order valence-corrected chi connectivity index (χ2v) is 10.7. The number of fused-ring (bicyclic) bond motifs is 1. The summed E-state index contributed by atoms with van der Waals surface area (Å²) in [5.74, 6) is -0.370. The Hall–Kier alpha value is -3.81. The molecule has 4 aromatic rings. The van der Waals surface area contributed by atoms with Gasteiger partial charge in [-0.2, -0.15) is 10.2 Å². The first-order valence-electron chi connectivity index (χ1n) is 12.4. The molecule has 0 bridgehead atoms. The summed E-state index contributed by atoms with van der Waals surface area (Å²) in [6.45, 7) is 4.02. The quantitative estimate of drug-likeness (QED) is 0.418. The topological polar surface area (TPSA) is 92.7 Å². The molecule has 2 aliphatic rings. The highest BCUT2D eigenvalue weighted by Gasteiger charge is 2.54. The lowest BCUT2D eigenvalue weighted by Crippen LogP contribution is -2.55. The molecule has 0 unspecified atom stereocenters. The van der Waals surface area contributed by atoms with Gasteiger partial charge < -0.3 is 5.32 Å². The third-order valence-electron chi connectivity index (χ3n) is 7.84. The lowest BCUT2D eigenvalue weighted by atomic mass is 9.49. The van der Waals surface area contributed by atoms with Crippen molar-refractivity contribution in [2.75, 3.05) is 0 Å². The van der Waals surface area contributed by atoms with Gasteiger partial charge in [0.2, 0.25) is 0 Å². The number of nitrogens with one attached hydrogen (secondary N) is 2. The summed E-state index contributed by atoms with van der Waals surface area (Å²) < 4.78 is 16.6. The van der Waals surface area contributed by atoms with Crippen molar-refractivity contribution in [1.29, 1.82) is 0 Å². The first kappa shape index (κ1) is 22.6. The highest BCUT2D eigenvalue weighted by molar-refractivity contribution is 5.95. The van der Waals surface area contributed by atoms with Crippen LogP contribution in [0, 0.1) is 11.2 Å². The molecule has 2 aromatic heterocycles. The van der Waals surface area contributed by atoms with Crippen molar-refractivity contribution in [1.82, 2.24) is 25.3 Å². The molecule has 1 amide bonds. The molecule has 8 heteroatoms. The molecule has 0 atom stereocenters. The molecule has 2 aromatic carbocycles. The molecule has 7 nitrogen and oxygen atoms in total. The fourth-order valence-electron chi connectivity index (χ4n) is 5.97. The maximum absolute atomic E-state index is 14.8. The maximum atomic E-state index is 14.8. The van der Waals surface area contributed by atoms with Gasteiger partial charge >= 0.3 is 0 Å². The largest absolute Gasteiger partial charge is 0.349 e. The van der Waals surface area contributed by atoms with Gasteiger partial charge in [0.15, 0.2) is 0 Å². The standard InChI is InChI=1S/C28H28FN5O2/c1-16(2)34-15-19(14-30-34)21-8-7-17(9-24(21)29)26(35)31-20-12-28(13-20)10-18(11-28)25-22-5-3-4-6-23(22)27(36)33-32-25/h3-9,14-16,18,20H,10-13H2,1-2H3,(H,31,35)(H,33,36). The lowest BCUT2D eigenvalue weighted by Gasteiger charge is -2.57. The fraction of sp³-hybridized carbons (Fsp3) is 0.357. The average molecular weight is 486 g/mol. The van der Waals surface area contributed by atoms with Crippen molar-refractivity contribution in [2.45, 2.75) is 57.5 Å². The zero-order chi connectivity index (χ0) is 25.0. The van der Waals surface area contributed by atoms with Crippen LogP contribution >= 0.6 is 0 Å². The molecule has 2 N–H and O–H groups in total. The number of rotatable bonds is 5. The number of carbonyl (C=O) groups is 1. The molecule has 0 aliphatic heterocycles. The molecule has 1 spiro atoms. The van der Waals surface area contributed by atoms with Crippen LogP contribution in [0.1, 0.15) is 67.5 Å². The van der Waals surface area contributed by atoms with Gasteiger partial charge in [0, 0.05) is 46.3 Å². The van der Waals surface area contributed by atoms with E-state index in [4.69, 9.17) is 0 Å². The predicted octanol–water partition coefficient (Wildman–Crippen LogP) is 4.96. The van der Waals surface area contributed by atoms with E-state index in [1.54, 1.807) is 23.0 Å². The number of aromatic amines is 1. The number of nitrogens with zero attached hydrogens (tertiary/aromatic N) is 3. The van der Waals surface area contributed by atoms with Gasteiger partial charge in [0.25, 0.3) is 11.5 Å². The molecule has 2 heterocycles. The zero-order valence-corrected chi connectivity index (χ0v) is 20.3. The van der Waals surface area contributed by atoms with Crippen molar-refractivity contribution >= 4 is 16.7 Å². The van der Waals surface area contributed by atoms with Crippen LogP contribution in [0.15, 0.2) is 59.7 Å². The molecule has 6 rings (SSSR count). The van der Waals surface area contributed by atoms with Crippen molar-refractivity contribution in [3.05, 3.63) is 82.3 Å². The van der Waals surface area contributed by atoms with E-state index in [2.05, 4.69) is 20.6 Å². The maximum Gasteiger partial charge on any atom is 0.272 e. The Labute approximate surface area is 207 Å². The van der Waals surface area contributed by atoms with Crippen molar-refractivity contribution in [3.63, 3.8) is 0 Å². The Kier molecular flexibility index (Phi) is 5.28. The Morgan fingerprint density at radius 2 is 1.89 bits per heavy atom. The van der Waals surface area contributed by atoms with Crippen molar-refractivity contribution < 1.29 is 9.18 Å². The molecule has 36 heavy (non-hydrogen) atoms. The molecule has 0 radical (unpaired) electrons. The highest BCUT2D eigenvalue weighted by atomic mass is 19.1. The number of amides is 1. The Morgan fingerprint density at radius 1 is 1.14 bits per heavy atom. The van der Waals surface area contributed by atoms with Gasteiger partial charge in [-0.25, -0.2) is 9.49 Å². The molecule has 2 fully saturated rings. The fourth-order valence-corrected chi connectivity index (χ4v) is 5.97. The van der Waals surface area contributed by atoms with Gasteiger partial charge in [0.1, 0.15) is 5.82 Å². The van der Waals surface area contributed by atoms with Crippen LogP contribution in [0.25, 0.3) is 21.9 Å². The molecular weight excluding hydrogens is 457 g/mol. The van der Waals surface area contributed by atoms with Gasteiger partial charge in [-0.05, 0) is 63.1 Å². The Bertz CT molecular complexity index is 1520. The molecule has 2 saturated carbocycles. The van der Waals surface area contributed by atoms with Crippen LogP contribution in [-0.4, -0.2) is 31.9 Å². The third kappa shape index (κ3) is 3.81. The number of hydrogen-bond acceptors (Lipinski definition) is 4. The van der Waals surface area contributed by atoms with Crippen molar-refractivity contribution in [2.24, 2.45) is 5.41 Å². The highest BCUT2D eigenvalue weighted by Crippen LogP contribution is 2.62. The Balaban J connectivity index is 1.07. The number of carbonyl (C=O) groups excluding carboxylic acids is 1. The van der Waals surface area contributed by atoms with Crippen LogP contribution in [0.4, 0.5) is 4.39 Å². The summed E-state index contributed by atoms with van der Waals surface area (Å²) >= 11 is 0. The first-order valence-corrected chi connectivity index (χ1v) is 12.4. The van der Waals surface area contributed by atoms with Crippen LogP contribution in [0.2, 0.25) is 0 Å². The minimum absolute atomic E-state index is 0.0887. The predicted molar refractivity (Wildman–Crippen MR) is 135 cm³/mol. The van der Waals surface area contributed by atoms with Gasteiger partial charge in [-0.15, -0.1) is 0 Å². The van der Waals surface area contributed by atoms with E-state index in [-0.39, 0.29) is 29.0 Å². The molecule has 0 saturated heterocycles. The number of hydrogen-bond donors (Lipinski definition) is 2. The molecular formula is C28H28FN5O2.